The van der Waals surface area contributed by atoms with E-state index in [0.717, 1.165) is 61.5 Å². The first kappa shape index (κ1) is 16.0. The number of benzene rings is 1. The molecule has 2 aliphatic rings. The molecule has 0 unspecified atom stereocenters. The second-order valence-electron chi connectivity index (χ2n) is 6.74. The van der Waals surface area contributed by atoms with Gasteiger partial charge in [-0.05, 0) is 56.5 Å². The first-order chi connectivity index (χ1) is 11.8. The zero-order valence-corrected chi connectivity index (χ0v) is 14.6. The van der Waals surface area contributed by atoms with E-state index >= 15 is 0 Å². The second kappa shape index (κ2) is 7.17. The number of piperidine rings is 1. The summed E-state index contributed by atoms with van der Waals surface area (Å²) < 4.78 is 6.55. The Morgan fingerprint density at radius 3 is 3.00 bits per heavy atom. The van der Waals surface area contributed by atoms with Gasteiger partial charge < -0.3 is 10.1 Å². The number of carbonyl (C=O) groups excluding carboxylic acids is 1. The van der Waals surface area contributed by atoms with Gasteiger partial charge in [-0.25, -0.2) is 4.98 Å². The van der Waals surface area contributed by atoms with Gasteiger partial charge in [-0.3, -0.25) is 9.69 Å². The van der Waals surface area contributed by atoms with Crippen LogP contribution in [0.2, 0.25) is 0 Å². The number of likely N-dealkylation sites (tertiary alicyclic amines) is 1. The van der Waals surface area contributed by atoms with Crippen LogP contribution in [0.15, 0.2) is 23.7 Å². The molecule has 1 atom stereocenters. The summed E-state index contributed by atoms with van der Waals surface area (Å²) in [5.41, 5.74) is 3.50. The lowest BCUT2D eigenvalue weighted by Crippen LogP contribution is -2.43. The molecule has 2 aliphatic heterocycles. The molecule has 24 heavy (non-hydrogen) atoms. The number of nitrogens with zero attached hydrogens (tertiary/aromatic N) is 2. The van der Waals surface area contributed by atoms with Crippen molar-refractivity contribution < 1.29 is 9.53 Å². The van der Waals surface area contributed by atoms with E-state index in [4.69, 9.17) is 4.74 Å². The van der Waals surface area contributed by atoms with Crippen molar-refractivity contribution in [3.05, 3.63) is 29.3 Å². The maximum absolute atomic E-state index is 12.4. The highest BCUT2D eigenvalue weighted by atomic mass is 32.1. The number of ether oxygens (including phenoxy) is 1. The van der Waals surface area contributed by atoms with E-state index in [1.54, 1.807) is 11.3 Å². The second-order valence-corrected chi connectivity index (χ2v) is 7.63. The third kappa shape index (κ3) is 3.45. The molecule has 0 saturated carbocycles. The molecule has 0 bridgehead atoms. The maximum Gasteiger partial charge on any atom is 0.251 e. The normalized spacial score (nSPS) is 22.9. The molecule has 0 radical (unpaired) electrons. The van der Waals surface area contributed by atoms with E-state index in [-0.39, 0.29) is 5.91 Å². The molecule has 1 amide bonds. The van der Waals surface area contributed by atoms with E-state index in [1.165, 1.54) is 6.42 Å². The Morgan fingerprint density at radius 1 is 1.33 bits per heavy atom. The lowest BCUT2D eigenvalue weighted by molar-refractivity contribution is 0.0911. The first-order valence-corrected chi connectivity index (χ1v) is 9.61. The number of nitrogens with one attached hydrogen (secondary N) is 1. The first-order valence-electron chi connectivity index (χ1n) is 8.73. The average Bonchev–Trinajstić information content (AvgIpc) is 3.30. The largest absolute Gasteiger partial charge is 0.380 e. The molecule has 0 spiro atoms. The summed E-state index contributed by atoms with van der Waals surface area (Å²) in [6.07, 6.45) is 3.48. The highest BCUT2D eigenvalue weighted by Gasteiger charge is 2.27. The lowest BCUT2D eigenvalue weighted by Gasteiger charge is -2.35. The number of amides is 1. The van der Waals surface area contributed by atoms with Gasteiger partial charge in [-0.2, -0.15) is 0 Å². The van der Waals surface area contributed by atoms with E-state index in [2.05, 4.69) is 15.2 Å². The average molecular weight is 345 g/mol. The van der Waals surface area contributed by atoms with Crippen LogP contribution in [-0.2, 0) is 4.74 Å². The molecule has 1 aromatic carbocycles. The summed E-state index contributed by atoms with van der Waals surface area (Å²) in [5.74, 6) is 0.608. The number of hydrogen-bond donors (Lipinski definition) is 1. The van der Waals surface area contributed by atoms with Crippen LogP contribution in [0.5, 0.6) is 0 Å². The Morgan fingerprint density at radius 2 is 2.21 bits per heavy atom. The minimum atomic E-state index is 0.0249. The van der Waals surface area contributed by atoms with Crippen LogP contribution in [0.25, 0.3) is 10.2 Å². The quantitative estimate of drug-likeness (QED) is 0.925. The summed E-state index contributed by atoms with van der Waals surface area (Å²) >= 11 is 1.57. The molecule has 5 nitrogen and oxygen atoms in total. The van der Waals surface area contributed by atoms with Gasteiger partial charge in [0.05, 0.1) is 22.3 Å². The number of fused-ring (bicyclic) bond motifs is 1. The Labute approximate surface area is 146 Å². The zero-order valence-electron chi connectivity index (χ0n) is 13.7. The lowest BCUT2D eigenvalue weighted by atomic mass is 9.95. The van der Waals surface area contributed by atoms with Crippen molar-refractivity contribution in [3.63, 3.8) is 0 Å². The van der Waals surface area contributed by atoms with E-state index < -0.39 is 0 Å². The highest BCUT2D eigenvalue weighted by Crippen LogP contribution is 2.22. The monoisotopic (exact) mass is 345 g/mol. The van der Waals surface area contributed by atoms with E-state index in [9.17, 15) is 4.79 Å². The third-order valence-electron chi connectivity index (χ3n) is 5.22. The molecule has 2 fully saturated rings. The summed E-state index contributed by atoms with van der Waals surface area (Å²) in [6, 6.07) is 6.33. The molecular weight excluding hydrogens is 322 g/mol. The molecule has 4 rings (SSSR count). The smallest absolute Gasteiger partial charge is 0.251 e. The van der Waals surface area contributed by atoms with Crippen molar-refractivity contribution in [1.82, 2.24) is 15.2 Å². The van der Waals surface area contributed by atoms with Crippen LogP contribution in [0.3, 0.4) is 0 Å². The van der Waals surface area contributed by atoms with Gasteiger partial charge in [-0.15, -0.1) is 11.3 Å². The molecule has 6 heteroatoms. The number of aromatic nitrogens is 1. The molecule has 1 N–H and O–H groups in total. The van der Waals surface area contributed by atoms with Crippen LogP contribution >= 0.6 is 11.3 Å². The molecule has 2 aromatic rings. The summed E-state index contributed by atoms with van der Waals surface area (Å²) in [6.45, 7) is 4.82. The molecule has 1 aromatic heterocycles. The van der Waals surface area contributed by atoms with Crippen LogP contribution in [0.1, 0.15) is 29.6 Å². The fourth-order valence-electron chi connectivity index (χ4n) is 3.67. The van der Waals surface area contributed by atoms with Crippen LogP contribution < -0.4 is 5.32 Å². The minimum Gasteiger partial charge on any atom is -0.380 e. The highest BCUT2D eigenvalue weighted by molar-refractivity contribution is 7.16. The third-order valence-corrected chi connectivity index (χ3v) is 6.01. The van der Waals surface area contributed by atoms with Crippen molar-refractivity contribution in [1.29, 1.82) is 0 Å². The van der Waals surface area contributed by atoms with Gasteiger partial charge in [0.2, 0.25) is 0 Å². The van der Waals surface area contributed by atoms with E-state index in [0.29, 0.717) is 12.0 Å². The Hall–Kier alpha value is -1.50. The van der Waals surface area contributed by atoms with Crippen LogP contribution in [0.4, 0.5) is 0 Å². The number of carbonyl (C=O) groups is 1. The van der Waals surface area contributed by atoms with Crippen molar-refractivity contribution in [2.24, 2.45) is 5.92 Å². The standard InChI is InChI=1S/C18H23N3O2S/c22-18(14-1-2-16-17(9-14)24-12-20-16)19-10-13-3-6-21(7-4-13)15-5-8-23-11-15/h1-2,9,12-13,15H,3-8,10-11H2,(H,19,22)/t15-/m1/s1. The van der Waals surface area contributed by atoms with E-state index in [1.807, 2.05) is 23.7 Å². The van der Waals surface area contributed by atoms with Crippen LogP contribution in [-0.4, -0.2) is 54.7 Å². The fraction of sp³-hybridized carbons (Fsp3) is 0.556. The van der Waals surface area contributed by atoms with Gasteiger partial charge >= 0.3 is 0 Å². The number of rotatable bonds is 4. The molecule has 2 saturated heterocycles. The maximum atomic E-state index is 12.4. The summed E-state index contributed by atoms with van der Waals surface area (Å²) in [5, 5.41) is 3.11. The predicted octanol–water partition coefficient (Wildman–Crippen LogP) is 2.53. The Balaban J connectivity index is 1.26. The SMILES string of the molecule is O=C(NCC1CCN([C@@H]2CCOC2)CC1)c1ccc2ncsc2c1. The van der Waals surface area contributed by atoms with Crippen molar-refractivity contribution in [3.8, 4) is 0 Å². The Kier molecular flexibility index (Phi) is 4.78. The Bertz CT molecular complexity index is 703. The summed E-state index contributed by atoms with van der Waals surface area (Å²) in [7, 11) is 0. The van der Waals surface area contributed by atoms with Gasteiger partial charge in [0, 0.05) is 24.8 Å². The molecular formula is C18H23N3O2S. The van der Waals surface area contributed by atoms with Crippen LogP contribution in [0, 0.1) is 5.92 Å². The van der Waals surface area contributed by atoms with Gasteiger partial charge in [0.25, 0.3) is 5.91 Å². The zero-order chi connectivity index (χ0) is 16.4. The summed E-state index contributed by atoms with van der Waals surface area (Å²) in [4.78, 5) is 19.2. The minimum absolute atomic E-state index is 0.0249. The van der Waals surface area contributed by atoms with Crippen molar-refractivity contribution in [2.45, 2.75) is 25.3 Å². The predicted molar refractivity (Wildman–Crippen MR) is 95.5 cm³/mol. The topological polar surface area (TPSA) is 54.5 Å². The molecule has 0 aliphatic carbocycles. The molecule has 3 heterocycles. The van der Waals surface area contributed by atoms with Gasteiger partial charge in [0.1, 0.15) is 0 Å². The number of thiazole rings is 1. The van der Waals surface area contributed by atoms with Crippen molar-refractivity contribution in [2.75, 3.05) is 32.8 Å². The number of hydrogen-bond acceptors (Lipinski definition) is 5. The van der Waals surface area contributed by atoms with Gasteiger partial charge in [0.15, 0.2) is 0 Å². The fourth-order valence-corrected chi connectivity index (χ4v) is 4.38. The molecule has 128 valence electrons. The van der Waals surface area contributed by atoms with Gasteiger partial charge in [-0.1, -0.05) is 0 Å². The van der Waals surface area contributed by atoms with Crippen molar-refractivity contribution >= 4 is 27.5 Å².